The van der Waals surface area contributed by atoms with Crippen molar-refractivity contribution >= 4 is 17.1 Å². The van der Waals surface area contributed by atoms with E-state index >= 15 is 0 Å². The number of carbonyl (C=O) groups is 1. The van der Waals surface area contributed by atoms with Gasteiger partial charge >= 0.3 is 6.36 Å². The van der Waals surface area contributed by atoms with Crippen LogP contribution in [-0.2, 0) is 4.74 Å². The molecule has 2 heterocycles. The molecule has 33 heavy (non-hydrogen) atoms. The average molecular weight is 466 g/mol. The molecule has 0 amide bonds. The van der Waals surface area contributed by atoms with Gasteiger partial charge in [0.15, 0.2) is 0 Å². The van der Waals surface area contributed by atoms with Crippen molar-refractivity contribution in [1.82, 2.24) is 14.5 Å². The molecule has 1 fully saturated rings. The van der Waals surface area contributed by atoms with E-state index in [4.69, 9.17) is 4.74 Å². The van der Waals surface area contributed by atoms with Crippen molar-refractivity contribution in [3.63, 3.8) is 0 Å². The second-order valence-corrected chi connectivity index (χ2v) is 7.81. The number of hydrogen-bond donors (Lipinski definition) is 0. The number of para-hydroxylation sites is 2. The zero-order chi connectivity index (χ0) is 23.8. The lowest BCUT2D eigenvalue weighted by atomic mass is 10.0. The summed E-state index contributed by atoms with van der Waals surface area (Å²) in [6.45, 7) is 1.38. The molecule has 1 aromatic heterocycles. The number of benzene rings is 2. The maximum Gasteiger partial charge on any atom is 0.573 e. The SMILES string of the molecule is CN1CCC(OC(c2cc(OC(F)(F)F)ccc2F)c2nc3ccccc3n2C(=O)[O-])CC1. The number of halogens is 4. The molecule has 1 saturated heterocycles. The molecule has 0 saturated carbocycles. The highest BCUT2D eigenvalue weighted by Crippen LogP contribution is 2.35. The Labute approximate surface area is 186 Å². The van der Waals surface area contributed by atoms with Gasteiger partial charge in [0.1, 0.15) is 29.6 Å². The molecule has 0 bridgehead atoms. The fourth-order valence-electron chi connectivity index (χ4n) is 3.92. The Balaban J connectivity index is 1.84. The molecule has 1 unspecified atom stereocenters. The Morgan fingerprint density at radius 1 is 1.18 bits per heavy atom. The van der Waals surface area contributed by atoms with Crippen LogP contribution in [0.4, 0.5) is 22.4 Å². The molecule has 1 aliphatic heterocycles. The van der Waals surface area contributed by atoms with Crippen LogP contribution in [0.25, 0.3) is 11.0 Å². The second kappa shape index (κ2) is 8.99. The highest BCUT2D eigenvalue weighted by atomic mass is 19.4. The van der Waals surface area contributed by atoms with Gasteiger partial charge in [-0.05, 0) is 50.2 Å². The summed E-state index contributed by atoms with van der Waals surface area (Å²) >= 11 is 0. The molecular formula is C22H20F4N3O4-. The summed E-state index contributed by atoms with van der Waals surface area (Å²) in [6, 6.07) is 8.79. The van der Waals surface area contributed by atoms with E-state index in [9.17, 15) is 27.5 Å². The predicted molar refractivity (Wildman–Crippen MR) is 107 cm³/mol. The van der Waals surface area contributed by atoms with Gasteiger partial charge in [-0.25, -0.2) is 9.37 Å². The van der Waals surface area contributed by atoms with E-state index in [0.717, 1.165) is 22.8 Å². The van der Waals surface area contributed by atoms with Crippen molar-refractivity contribution < 1.29 is 36.9 Å². The number of likely N-dealkylation sites (tertiary alicyclic amines) is 1. The first kappa shape index (κ1) is 23.0. The monoisotopic (exact) mass is 466 g/mol. The number of carbonyl (C=O) groups excluding carboxylic acids is 1. The van der Waals surface area contributed by atoms with Crippen LogP contribution in [0.1, 0.15) is 30.3 Å². The third-order valence-electron chi connectivity index (χ3n) is 5.48. The minimum atomic E-state index is -4.99. The maximum atomic E-state index is 14.9. The molecule has 3 aromatic rings. The van der Waals surface area contributed by atoms with Crippen LogP contribution in [0.2, 0.25) is 0 Å². The van der Waals surface area contributed by atoms with Crippen molar-refractivity contribution in [1.29, 1.82) is 0 Å². The molecule has 1 atom stereocenters. The molecule has 4 rings (SSSR count). The molecule has 176 valence electrons. The average Bonchev–Trinajstić information content (AvgIpc) is 3.13. The molecule has 2 aromatic carbocycles. The summed E-state index contributed by atoms with van der Waals surface area (Å²) in [5.41, 5.74) is 0.151. The van der Waals surface area contributed by atoms with Gasteiger partial charge in [-0.2, -0.15) is 0 Å². The van der Waals surface area contributed by atoms with Crippen LogP contribution in [0.15, 0.2) is 42.5 Å². The van der Waals surface area contributed by atoms with Crippen molar-refractivity contribution in [2.75, 3.05) is 20.1 Å². The van der Waals surface area contributed by atoms with Crippen LogP contribution >= 0.6 is 0 Å². The van der Waals surface area contributed by atoms with Crippen molar-refractivity contribution in [3.8, 4) is 5.75 Å². The number of piperidine rings is 1. The molecule has 0 N–H and O–H groups in total. The highest BCUT2D eigenvalue weighted by molar-refractivity contribution is 5.86. The van der Waals surface area contributed by atoms with Crippen LogP contribution in [0, 0.1) is 5.82 Å². The number of rotatable bonds is 5. The molecular weight excluding hydrogens is 446 g/mol. The fraction of sp³-hybridized carbons (Fsp3) is 0.364. The summed E-state index contributed by atoms with van der Waals surface area (Å²) < 4.78 is 64.0. The smallest absolute Gasteiger partial charge is 0.529 e. The predicted octanol–water partition coefficient (Wildman–Crippen LogP) is 3.47. The van der Waals surface area contributed by atoms with E-state index in [1.165, 1.54) is 6.07 Å². The third kappa shape index (κ3) is 5.09. The van der Waals surface area contributed by atoms with Gasteiger partial charge in [0, 0.05) is 18.7 Å². The number of fused-ring (bicyclic) bond motifs is 1. The van der Waals surface area contributed by atoms with Crippen LogP contribution in [0.3, 0.4) is 0 Å². The van der Waals surface area contributed by atoms with Gasteiger partial charge in [-0.15, -0.1) is 13.2 Å². The molecule has 7 nitrogen and oxygen atoms in total. The fourth-order valence-corrected chi connectivity index (χ4v) is 3.92. The van der Waals surface area contributed by atoms with Crippen molar-refractivity contribution in [3.05, 3.63) is 59.7 Å². The van der Waals surface area contributed by atoms with E-state index in [1.54, 1.807) is 18.2 Å². The molecule has 1 aliphatic rings. The Bertz CT molecular complexity index is 1160. The number of ether oxygens (including phenoxy) is 2. The van der Waals surface area contributed by atoms with Crippen molar-refractivity contribution in [2.24, 2.45) is 0 Å². The largest absolute Gasteiger partial charge is 0.573 e. The van der Waals surface area contributed by atoms with Gasteiger partial charge in [-0.3, -0.25) is 4.57 Å². The maximum absolute atomic E-state index is 14.9. The van der Waals surface area contributed by atoms with E-state index in [0.29, 0.717) is 25.9 Å². The van der Waals surface area contributed by atoms with Gasteiger partial charge in [0.05, 0.1) is 17.1 Å². The molecule has 11 heteroatoms. The number of alkyl halides is 3. The summed E-state index contributed by atoms with van der Waals surface area (Å²) in [5, 5.41) is 12.0. The summed E-state index contributed by atoms with van der Waals surface area (Å²) in [7, 11) is 1.93. The van der Waals surface area contributed by atoms with Crippen molar-refractivity contribution in [2.45, 2.75) is 31.4 Å². The molecule has 0 radical (unpaired) electrons. The molecule has 0 aliphatic carbocycles. The topological polar surface area (TPSA) is 79.7 Å². The van der Waals surface area contributed by atoms with Gasteiger partial charge in [0.2, 0.25) is 0 Å². The quantitative estimate of drug-likeness (QED) is 0.536. The third-order valence-corrected chi connectivity index (χ3v) is 5.48. The number of hydrogen-bond acceptors (Lipinski definition) is 6. The zero-order valence-electron chi connectivity index (χ0n) is 17.5. The first-order valence-electron chi connectivity index (χ1n) is 10.2. The first-order chi connectivity index (χ1) is 15.6. The number of aromatic nitrogens is 2. The second-order valence-electron chi connectivity index (χ2n) is 7.81. The van der Waals surface area contributed by atoms with Gasteiger partial charge in [0.25, 0.3) is 0 Å². The summed E-state index contributed by atoms with van der Waals surface area (Å²) in [4.78, 5) is 18.4. The Morgan fingerprint density at radius 3 is 2.55 bits per heavy atom. The summed E-state index contributed by atoms with van der Waals surface area (Å²) in [6.07, 6.45) is -7.29. The van der Waals surface area contributed by atoms with E-state index < -0.39 is 36.2 Å². The van der Waals surface area contributed by atoms with Crippen LogP contribution in [-0.4, -0.2) is 53.1 Å². The normalized spacial score (nSPS) is 16.8. The lowest BCUT2D eigenvalue weighted by Crippen LogP contribution is -2.36. The van der Waals surface area contributed by atoms with Gasteiger partial charge in [-0.1, -0.05) is 12.1 Å². The summed E-state index contributed by atoms with van der Waals surface area (Å²) in [5.74, 6) is -1.76. The minimum absolute atomic E-state index is 0.188. The number of imidazole rings is 1. The first-order valence-corrected chi connectivity index (χ1v) is 10.2. The van der Waals surface area contributed by atoms with Gasteiger partial charge < -0.3 is 24.3 Å². The van der Waals surface area contributed by atoms with Crippen LogP contribution < -0.4 is 9.84 Å². The van der Waals surface area contributed by atoms with Crippen LogP contribution in [0.5, 0.6) is 5.75 Å². The Kier molecular flexibility index (Phi) is 6.26. The number of nitrogens with zero attached hydrogens (tertiary/aromatic N) is 3. The highest BCUT2D eigenvalue weighted by Gasteiger charge is 2.34. The Morgan fingerprint density at radius 2 is 1.88 bits per heavy atom. The number of carboxylic acid groups (broad SMARTS) is 1. The Hall–Kier alpha value is -3.18. The van der Waals surface area contributed by atoms with E-state index in [2.05, 4.69) is 14.6 Å². The lowest BCUT2D eigenvalue weighted by Gasteiger charge is -2.32. The van der Waals surface area contributed by atoms with E-state index in [-0.39, 0.29) is 22.4 Å². The van der Waals surface area contributed by atoms with E-state index in [1.807, 2.05) is 7.05 Å². The lowest BCUT2D eigenvalue weighted by molar-refractivity contribution is -0.274. The molecule has 0 spiro atoms. The standard InChI is InChI=1S/C22H21F4N3O4/c1-28-10-8-13(9-11-28)32-19(15-12-14(6-7-16(15)23)33-22(24,25)26)20-27-17-4-2-3-5-18(17)29(20)21(30)31/h2-7,12-13,19H,8-11H2,1H3,(H,30,31)/p-1. The minimum Gasteiger partial charge on any atom is -0.529 e. The zero-order valence-corrected chi connectivity index (χ0v) is 17.5.